The van der Waals surface area contributed by atoms with E-state index in [1.54, 1.807) is 12.3 Å². The number of carbonyl (C=O) groups is 1. The van der Waals surface area contributed by atoms with Crippen molar-refractivity contribution in [3.63, 3.8) is 0 Å². The molecule has 0 spiro atoms. The van der Waals surface area contributed by atoms with Crippen LogP contribution in [0.15, 0.2) is 18.3 Å². The first kappa shape index (κ1) is 12.9. The van der Waals surface area contributed by atoms with E-state index in [1.165, 1.54) is 19.3 Å². The Morgan fingerprint density at radius 3 is 2.89 bits per heavy atom. The Balaban J connectivity index is 2.03. The van der Waals surface area contributed by atoms with Crippen molar-refractivity contribution in [3.05, 3.63) is 23.9 Å². The molecule has 1 aliphatic rings. The van der Waals surface area contributed by atoms with Gasteiger partial charge in [0.2, 0.25) is 0 Å². The lowest BCUT2D eigenvalue weighted by atomic mass is 9.95. The van der Waals surface area contributed by atoms with E-state index in [-0.39, 0.29) is 5.91 Å². The quantitative estimate of drug-likeness (QED) is 0.859. The molecule has 4 heteroatoms. The molecule has 1 aliphatic carbocycles. The molecule has 98 valence electrons. The Morgan fingerprint density at radius 2 is 2.17 bits per heavy atom. The third-order valence-corrected chi connectivity index (χ3v) is 3.34. The van der Waals surface area contributed by atoms with Crippen LogP contribution in [0.25, 0.3) is 0 Å². The predicted molar refractivity (Wildman–Crippen MR) is 72.7 cm³/mol. The second kappa shape index (κ2) is 6.38. The van der Waals surface area contributed by atoms with Crippen LogP contribution in [0.1, 0.15) is 49.4 Å². The minimum Gasteiger partial charge on any atom is -0.370 e. The van der Waals surface area contributed by atoms with Gasteiger partial charge in [-0.2, -0.15) is 0 Å². The van der Waals surface area contributed by atoms with Gasteiger partial charge in [0.25, 0.3) is 5.91 Å². The number of hydrogen-bond donors (Lipinski definition) is 2. The van der Waals surface area contributed by atoms with Crippen molar-refractivity contribution in [2.75, 3.05) is 11.9 Å². The van der Waals surface area contributed by atoms with Gasteiger partial charge < -0.3 is 10.6 Å². The summed E-state index contributed by atoms with van der Waals surface area (Å²) in [7, 11) is 0. The summed E-state index contributed by atoms with van der Waals surface area (Å²) in [5, 5.41) is 6.24. The monoisotopic (exact) mass is 247 g/mol. The van der Waals surface area contributed by atoms with E-state index in [9.17, 15) is 4.79 Å². The molecule has 1 amide bonds. The minimum absolute atomic E-state index is 0.00838. The van der Waals surface area contributed by atoms with Crippen LogP contribution in [-0.4, -0.2) is 23.5 Å². The summed E-state index contributed by atoms with van der Waals surface area (Å²) in [6.45, 7) is 2.76. The molecule has 1 aromatic heterocycles. The van der Waals surface area contributed by atoms with E-state index in [0.717, 1.165) is 19.4 Å². The molecule has 2 N–H and O–H groups in total. The number of aromatic nitrogens is 1. The van der Waals surface area contributed by atoms with E-state index < -0.39 is 0 Å². The SMILES string of the molecule is CCNc1ncccc1C(=O)NC1CCCCC1. The van der Waals surface area contributed by atoms with Gasteiger partial charge in [0.1, 0.15) is 5.82 Å². The Kier molecular flexibility index (Phi) is 4.56. The van der Waals surface area contributed by atoms with E-state index >= 15 is 0 Å². The van der Waals surface area contributed by atoms with E-state index in [2.05, 4.69) is 15.6 Å². The molecule has 0 unspecified atom stereocenters. The maximum atomic E-state index is 12.2. The van der Waals surface area contributed by atoms with E-state index in [0.29, 0.717) is 17.4 Å². The molecule has 1 fully saturated rings. The minimum atomic E-state index is -0.00838. The zero-order valence-electron chi connectivity index (χ0n) is 10.9. The number of rotatable bonds is 4. The Bertz CT molecular complexity index is 400. The van der Waals surface area contributed by atoms with Crippen LogP contribution in [0, 0.1) is 0 Å². The van der Waals surface area contributed by atoms with Gasteiger partial charge in [0.15, 0.2) is 0 Å². The van der Waals surface area contributed by atoms with Crippen LogP contribution in [0.3, 0.4) is 0 Å². The summed E-state index contributed by atoms with van der Waals surface area (Å²) >= 11 is 0. The lowest BCUT2D eigenvalue weighted by Crippen LogP contribution is -2.36. The highest BCUT2D eigenvalue weighted by Gasteiger charge is 2.18. The fourth-order valence-electron chi connectivity index (χ4n) is 2.41. The van der Waals surface area contributed by atoms with E-state index in [4.69, 9.17) is 0 Å². The number of nitrogens with zero attached hydrogens (tertiary/aromatic N) is 1. The van der Waals surface area contributed by atoms with Gasteiger partial charge in [-0.1, -0.05) is 19.3 Å². The molecule has 0 aromatic carbocycles. The maximum Gasteiger partial charge on any atom is 0.255 e. The lowest BCUT2D eigenvalue weighted by molar-refractivity contribution is 0.0928. The standard InChI is InChI=1S/C14H21N3O/c1-2-15-13-12(9-6-10-16-13)14(18)17-11-7-4-3-5-8-11/h6,9-11H,2-5,7-8H2,1H3,(H,15,16)(H,17,18). The molecule has 1 saturated carbocycles. The number of anilines is 1. The van der Waals surface area contributed by atoms with Crippen molar-refractivity contribution in [1.29, 1.82) is 0 Å². The molecule has 2 rings (SSSR count). The van der Waals surface area contributed by atoms with Gasteiger partial charge in [0.05, 0.1) is 5.56 Å². The van der Waals surface area contributed by atoms with Crippen molar-refractivity contribution in [2.45, 2.75) is 45.1 Å². The van der Waals surface area contributed by atoms with Crippen LogP contribution >= 0.6 is 0 Å². The second-order valence-electron chi connectivity index (χ2n) is 4.74. The van der Waals surface area contributed by atoms with Gasteiger partial charge in [-0.3, -0.25) is 4.79 Å². The molecular weight excluding hydrogens is 226 g/mol. The van der Waals surface area contributed by atoms with Crippen molar-refractivity contribution < 1.29 is 4.79 Å². The zero-order valence-corrected chi connectivity index (χ0v) is 10.9. The largest absolute Gasteiger partial charge is 0.370 e. The zero-order chi connectivity index (χ0) is 12.8. The Hall–Kier alpha value is -1.58. The summed E-state index contributed by atoms with van der Waals surface area (Å²) in [4.78, 5) is 16.4. The molecule has 0 bridgehead atoms. The van der Waals surface area contributed by atoms with Crippen molar-refractivity contribution in [1.82, 2.24) is 10.3 Å². The highest BCUT2D eigenvalue weighted by Crippen LogP contribution is 2.19. The van der Waals surface area contributed by atoms with Crippen molar-refractivity contribution in [3.8, 4) is 0 Å². The smallest absolute Gasteiger partial charge is 0.255 e. The first-order valence-electron chi connectivity index (χ1n) is 6.81. The van der Waals surface area contributed by atoms with Crippen molar-refractivity contribution in [2.24, 2.45) is 0 Å². The number of amides is 1. The summed E-state index contributed by atoms with van der Waals surface area (Å²) in [6, 6.07) is 3.96. The third kappa shape index (κ3) is 3.22. The summed E-state index contributed by atoms with van der Waals surface area (Å²) in [6.07, 6.45) is 7.64. The maximum absolute atomic E-state index is 12.2. The molecule has 4 nitrogen and oxygen atoms in total. The molecular formula is C14H21N3O. The fourth-order valence-corrected chi connectivity index (χ4v) is 2.41. The van der Waals surface area contributed by atoms with Gasteiger partial charge >= 0.3 is 0 Å². The highest BCUT2D eigenvalue weighted by atomic mass is 16.1. The average Bonchev–Trinajstić information content (AvgIpc) is 2.41. The molecule has 18 heavy (non-hydrogen) atoms. The first-order valence-corrected chi connectivity index (χ1v) is 6.81. The van der Waals surface area contributed by atoms with Crippen LogP contribution in [0.4, 0.5) is 5.82 Å². The van der Waals surface area contributed by atoms with E-state index in [1.807, 2.05) is 13.0 Å². The van der Waals surface area contributed by atoms with Crippen LogP contribution in [0.5, 0.6) is 0 Å². The normalized spacial score (nSPS) is 16.3. The molecule has 0 aliphatic heterocycles. The van der Waals surface area contributed by atoms with Gasteiger partial charge in [-0.25, -0.2) is 4.98 Å². The summed E-state index contributed by atoms with van der Waals surface area (Å²) in [5.74, 6) is 0.666. The average molecular weight is 247 g/mol. The highest BCUT2D eigenvalue weighted by molar-refractivity contribution is 5.98. The number of nitrogens with one attached hydrogen (secondary N) is 2. The first-order chi connectivity index (χ1) is 8.81. The van der Waals surface area contributed by atoms with Crippen molar-refractivity contribution >= 4 is 11.7 Å². The molecule has 0 atom stereocenters. The Morgan fingerprint density at radius 1 is 1.39 bits per heavy atom. The Labute approximate surface area is 108 Å². The summed E-state index contributed by atoms with van der Waals surface area (Å²) < 4.78 is 0. The van der Waals surface area contributed by atoms with Crippen LogP contribution in [0.2, 0.25) is 0 Å². The number of pyridine rings is 1. The number of carbonyl (C=O) groups excluding carboxylic acids is 1. The van der Waals surface area contributed by atoms with Gasteiger partial charge in [0, 0.05) is 18.8 Å². The fraction of sp³-hybridized carbons (Fsp3) is 0.571. The topological polar surface area (TPSA) is 54.0 Å². The van der Waals surface area contributed by atoms with Crippen LogP contribution in [-0.2, 0) is 0 Å². The van der Waals surface area contributed by atoms with Gasteiger partial charge in [-0.05, 0) is 31.9 Å². The second-order valence-corrected chi connectivity index (χ2v) is 4.74. The third-order valence-electron chi connectivity index (χ3n) is 3.34. The molecule has 1 aromatic rings. The lowest BCUT2D eigenvalue weighted by Gasteiger charge is -2.23. The predicted octanol–water partition coefficient (Wildman–Crippen LogP) is 2.58. The van der Waals surface area contributed by atoms with Gasteiger partial charge in [-0.15, -0.1) is 0 Å². The molecule has 1 heterocycles. The summed E-state index contributed by atoms with van der Waals surface area (Å²) in [5.41, 5.74) is 0.643. The molecule has 0 radical (unpaired) electrons. The molecule has 0 saturated heterocycles. The van der Waals surface area contributed by atoms with Crippen LogP contribution < -0.4 is 10.6 Å². The number of hydrogen-bond acceptors (Lipinski definition) is 3.